The van der Waals surface area contributed by atoms with Crippen LogP contribution in [0, 0.1) is 11.6 Å². The summed E-state index contributed by atoms with van der Waals surface area (Å²) in [6.07, 6.45) is 0. The molecule has 1 unspecified atom stereocenters. The van der Waals surface area contributed by atoms with Gasteiger partial charge in [-0.25, -0.2) is 13.6 Å². The first-order valence-electron chi connectivity index (χ1n) is 12.2. The molecule has 1 fully saturated rings. The Balaban J connectivity index is 1.39. The van der Waals surface area contributed by atoms with E-state index in [2.05, 4.69) is 49.6 Å². The van der Waals surface area contributed by atoms with Crippen LogP contribution >= 0.6 is 0 Å². The standard InChI is InChI=1S/C28H33F2N5O/c1-33(2)25-11-5-22(6-12-25)27(20-32-28(36)31-19-21-3-7-23(29)8-4-21)35-17-15-34(16-18-35)26-13-9-24(30)10-14-26/h3-14,27H,15-20H2,1-2H3,(H2,31,32,36). The second-order valence-corrected chi connectivity index (χ2v) is 9.19. The number of anilines is 2. The molecule has 0 spiro atoms. The van der Waals surface area contributed by atoms with Gasteiger partial charge in [-0.15, -0.1) is 0 Å². The van der Waals surface area contributed by atoms with Crippen LogP contribution in [0.15, 0.2) is 72.8 Å². The number of halogens is 2. The van der Waals surface area contributed by atoms with Gasteiger partial charge >= 0.3 is 6.03 Å². The van der Waals surface area contributed by atoms with Crippen LogP contribution in [0.2, 0.25) is 0 Å². The molecule has 0 saturated carbocycles. The highest BCUT2D eigenvalue weighted by Gasteiger charge is 2.26. The third-order valence-corrected chi connectivity index (χ3v) is 6.56. The van der Waals surface area contributed by atoms with Crippen LogP contribution in [0.4, 0.5) is 25.0 Å². The normalized spacial score (nSPS) is 14.8. The number of hydrogen-bond acceptors (Lipinski definition) is 4. The summed E-state index contributed by atoms with van der Waals surface area (Å²) in [6.45, 7) is 4.04. The van der Waals surface area contributed by atoms with E-state index in [1.807, 2.05) is 26.2 Å². The molecule has 3 aromatic carbocycles. The van der Waals surface area contributed by atoms with Crippen molar-refractivity contribution >= 4 is 17.4 Å². The van der Waals surface area contributed by atoms with Crippen LogP contribution < -0.4 is 20.4 Å². The van der Waals surface area contributed by atoms with Gasteiger partial charge in [0.25, 0.3) is 0 Å². The fraction of sp³-hybridized carbons (Fsp3) is 0.321. The van der Waals surface area contributed by atoms with Crippen molar-refractivity contribution in [3.05, 3.63) is 95.6 Å². The maximum atomic E-state index is 13.3. The van der Waals surface area contributed by atoms with Crippen LogP contribution in [0.3, 0.4) is 0 Å². The van der Waals surface area contributed by atoms with Gasteiger partial charge < -0.3 is 20.4 Å². The number of amides is 2. The molecule has 1 heterocycles. The summed E-state index contributed by atoms with van der Waals surface area (Å²) in [5.74, 6) is -0.534. The van der Waals surface area contributed by atoms with Gasteiger partial charge in [-0.3, -0.25) is 4.90 Å². The maximum absolute atomic E-state index is 13.3. The second kappa shape index (κ2) is 11.9. The summed E-state index contributed by atoms with van der Waals surface area (Å²) in [5, 5.41) is 5.86. The van der Waals surface area contributed by atoms with Crippen molar-refractivity contribution in [1.29, 1.82) is 0 Å². The first-order valence-corrected chi connectivity index (χ1v) is 12.2. The van der Waals surface area contributed by atoms with E-state index >= 15 is 0 Å². The molecule has 2 N–H and O–H groups in total. The van der Waals surface area contributed by atoms with Crippen LogP contribution in [-0.2, 0) is 6.54 Å². The first-order chi connectivity index (χ1) is 17.4. The Hall–Kier alpha value is -3.65. The van der Waals surface area contributed by atoms with E-state index in [9.17, 15) is 13.6 Å². The average Bonchev–Trinajstić information content (AvgIpc) is 2.89. The quantitative estimate of drug-likeness (QED) is 0.489. The van der Waals surface area contributed by atoms with E-state index in [1.165, 1.54) is 24.3 Å². The zero-order chi connectivity index (χ0) is 25.5. The molecule has 190 valence electrons. The monoisotopic (exact) mass is 493 g/mol. The molecule has 6 nitrogen and oxygen atoms in total. The molecule has 0 bridgehead atoms. The third-order valence-electron chi connectivity index (χ3n) is 6.56. The fourth-order valence-corrected chi connectivity index (χ4v) is 4.43. The zero-order valence-electron chi connectivity index (χ0n) is 20.8. The van der Waals surface area contributed by atoms with Gasteiger partial charge in [0.15, 0.2) is 0 Å². The van der Waals surface area contributed by atoms with Crippen LogP contribution in [0.25, 0.3) is 0 Å². The lowest BCUT2D eigenvalue weighted by Gasteiger charge is -2.40. The molecule has 3 aromatic rings. The van der Waals surface area contributed by atoms with Gasteiger partial charge in [-0.1, -0.05) is 24.3 Å². The minimum Gasteiger partial charge on any atom is -0.378 e. The van der Waals surface area contributed by atoms with Gasteiger partial charge in [0.05, 0.1) is 6.04 Å². The Kier molecular flexibility index (Phi) is 8.38. The summed E-state index contributed by atoms with van der Waals surface area (Å²) < 4.78 is 26.4. The number of rotatable bonds is 8. The minimum absolute atomic E-state index is 0.00755. The first kappa shape index (κ1) is 25.4. The summed E-state index contributed by atoms with van der Waals surface area (Å²) in [4.78, 5) is 19.2. The Morgan fingerprint density at radius 3 is 2.00 bits per heavy atom. The number of nitrogens with one attached hydrogen (secondary N) is 2. The molecule has 0 aromatic heterocycles. The zero-order valence-corrected chi connectivity index (χ0v) is 20.8. The number of piperazine rings is 1. The van der Waals surface area contributed by atoms with Crippen molar-refractivity contribution in [3.8, 4) is 0 Å². The molecule has 8 heteroatoms. The molecule has 1 atom stereocenters. The van der Waals surface area contributed by atoms with Gasteiger partial charge in [-0.2, -0.15) is 0 Å². The van der Waals surface area contributed by atoms with Crippen molar-refractivity contribution in [2.24, 2.45) is 0 Å². The van der Waals surface area contributed by atoms with Crippen LogP contribution in [0.1, 0.15) is 17.2 Å². The summed E-state index contributed by atoms with van der Waals surface area (Å²) in [5.41, 5.74) is 4.10. The van der Waals surface area contributed by atoms with E-state index < -0.39 is 0 Å². The third kappa shape index (κ3) is 6.73. The molecule has 2 amide bonds. The highest BCUT2D eigenvalue weighted by Crippen LogP contribution is 2.26. The SMILES string of the molecule is CN(C)c1ccc(C(CNC(=O)NCc2ccc(F)cc2)N2CCN(c3ccc(F)cc3)CC2)cc1. The van der Waals surface area contributed by atoms with Crippen molar-refractivity contribution in [3.63, 3.8) is 0 Å². The summed E-state index contributed by atoms with van der Waals surface area (Å²) in [7, 11) is 4.02. The largest absolute Gasteiger partial charge is 0.378 e. The maximum Gasteiger partial charge on any atom is 0.315 e. The van der Waals surface area contributed by atoms with Crippen molar-refractivity contribution in [1.82, 2.24) is 15.5 Å². The minimum atomic E-state index is -0.300. The van der Waals surface area contributed by atoms with Gasteiger partial charge in [0.1, 0.15) is 11.6 Å². The Morgan fingerprint density at radius 2 is 1.42 bits per heavy atom. The highest BCUT2D eigenvalue weighted by atomic mass is 19.1. The van der Waals surface area contributed by atoms with Crippen LogP contribution in [-0.4, -0.2) is 57.8 Å². The summed E-state index contributed by atoms with van der Waals surface area (Å²) >= 11 is 0. The van der Waals surface area contributed by atoms with Crippen molar-refractivity contribution < 1.29 is 13.6 Å². The lowest BCUT2D eigenvalue weighted by atomic mass is 10.0. The molecule has 0 aliphatic carbocycles. The lowest BCUT2D eigenvalue weighted by Crippen LogP contribution is -2.50. The molecule has 1 aliphatic rings. The predicted molar refractivity (Wildman–Crippen MR) is 140 cm³/mol. The van der Waals surface area contributed by atoms with Gasteiger partial charge in [0.2, 0.25) is 0 Å². The highest BCUT2D eigenvalue weighted by molar-refractivity contribution is 5.73. The average molecular weight is 494 g/mol. The number of hydrogen-bond donors (Lipinski definition) is 2. The number of urea groups is 1. The van der Waals surface area contributed by atoms with Crippen molar-refractivity contribution in [2.75, 3.05) is 56.6 Å². The fourth-order valence-electron chi connectivity index (χ4n) is 4.43. The van der Waals surface area contributed by atoms with Gasteiger partial charge in [-0.05, 0) is 59.7 Å². The van der Waals surface area contributed by atoms with Gasteiger partial charge in [0, 0.05) is 64.7 Å². The molecule has 0 radical (unpaired) electrons. The Morgan fingerprint density at radius 1 is 0.833 bits per heavy atom. The molecule has 1 aliphatic heterocycles. The number of carbonyl (C=O) groups excluding carboxylic acids is 1. The topological polar surface area (TPSA) is 50.9 Å². The van der Waals surface area contributed by atoms with E-state index in [0.29, 0.717) is 13.1 Å². The van der Waals surface area contributed by atoms with E-state index in [-0.39, 0.29) is 23.7 Å². The molecule has 1 saturated heterocycles. The van der Waals surface area contributed by atoms with Crippen LogP contribution in [0.5, 0.6) is 0 Å². The van der Waals surface area contributed by atoms with Crippen molar-refractivity contribution in [2.45, 2.75) is 12.6 Å². The Bertz CT molecular complexity index is 1110. The predicted octanol–water partition coefficient (Wildman–Crippen LogP) is 4.39. The van der Waals surface area contributed by atoms with E-state index in [1.54, 1.807) is 12.1 Å². The number of nitrogens with zero attached hydrogens (tertiary/aromatic N) is 3. The molecule has 36 heavy (non-hydrogen) atoms. The smallest absolute Gasteiger partial charge is 0.315 e. The number of carbonyl (C=O) groups is 1. The lowest BCUT2D eigenvalue weighted by molar-refractivity contribution is 0.180. The molecule has 4 rings (SSSR count). The van der Waals surface area contributed by atoms with E-state index in [0.717, 1.165) is 48.7 Å². The summed E-state index contributed by atoms with van der Waals surface area (Å²) in [6, 6.07) is 20.8. The molecular weight excluding hydrogens is 460 g/mol. The molecular formula is C28H33F2N5O. The Labute approximate surface area is 211 Å². The number of benzene rings is 3. The second-order valence-electron chi connectivity index (χ2n) is 9.19. The van der Waals surface area contributed by atoms with E-state index in [4.69, 9.17) is 0 Å².